The summed E-state index contributed by atoms with van der Waals surface area (Å²) in [4.78, 5) is 25.0. The van der Waals surface area contributed by atoms with Crippen LogP contribution in [0.4, 0.5) is 0 Å². The summed E-state index contributed by atoms with van der Waals surface area (Å²) in [5.74, 6) is 1.26. The molecule has 4 aromatic rings. The van der Waals surface area contributed by atoms with Crippen LogP contribution in [-0.4, -0.2) is 30.6 Å². The van der Waals surface area contributed by atoms with Crippen LogP contribution in [-0.2, 0) is 6.54 Å². The van der Waals surface area contributed by atoms with Gasteiger partial charge in [0, 0.05) is 29.5 Å². The number of aryl methyl sites for hydroxylation is 1. The van der Waals surface area contributed by atoms with Crippen LogP contribution < -0.4 is 5.32 Å². The predicted molar refractivity (Wildman–Crippen MR) is 102 cm³/mol. The largest absolute Gasteiger partial charge is 0.347 e. The van der Waals surface area contributed by atoms with Gasteiger partial charge in [0.2, 0.25) is 0 Å². The molecule has 140 valence electrons. The first kappa shape index (κ1) is 17.9. The van der Waals surface area contributed by atoms with Gasteiger partial charge in [-0.15, -0.1) is 0 Å². The maximum atomic E-state index is 12.4. The molecule has 1 aromatic carbocycles. The van der Waals surface area contributed by atoms with Gasteiger partial charge in [0.15, 0.2) is 5.82 Å². The number of carbonyl (C=O) groups is 1. The third kappa shape index (κ3) is 3.91. The van der Waals surface area contributed by atoms with E-state index < -0.39 is 0 Å². The number of imidazole rings is 1. The molecule has 0 bridgehead atoms. The number of carbonyl (C=O) groups excluding carboxylic acids is 1. The Morgan fingerprint density at radius 2 is 2.04 bits per heavy atom. The van der Waals surface area contributed by atoms with Crippen molar-refractivity contribution in [3.63, 3.8) is 0 Å². The topological polar surface area (TPSA) is 98.7 Å². The summed E-state index contributed by atoms with van der Waals surface area (Å²) >= 11 is 5.86. The number of benzene rings is 1. The van der Waals surface area contributed by atoms with E-state index in [-0.39, 0.29) is 11.6 Å². The number of halogens is 1. The molecule has 0 fully saturated rings. The van der Waals surface area contributed by atoms with Gasteiger partial charge in [0.25, 0.3) is 11.8 Å². The fourth-order valence-corrected chi connectivity index (χ4v) is 2.67. The lowest BCUT2D eigenvalue weighted by atomic mass is 10.2. The number of rotatable bonds is 5. The quantitative estimate of drug-likeness (QED) is 0.558. The van der Waals surface area contributed by atoms with E-state index in [0.717, 1.165) is 11.1 Å². The van der Waals surface area contributed by atoms with Crippen molar-refractivity contribution in [1.29, 1.82) is 0 Å². The molecular weight excluding hydrogens is 380 g/mol. The van der Waals surface area contributed by atoms with Gasteiger partial charge in [-0.1, -0.05) is 28.9 Å². The van der Waals surface area contributed by atoms with E-state index in [4.69, 9.17) is 16.1 Å². The van der Waals surface area contributed by atoms with Crippen LogP contribution >= 0.6 is 11.6 Å². The van der Waals surface area contributed by atoms with Crippen LogP contribution in [0, 0.1) is 6.92 Å². The van der Waals surface area contributed by atoms with Gasteiger partial charge in [-0.25, -0.2) is 9.97 Å². The Kier molecular flexibility index (Phi) is 4.86. The van der Waals surface area contributed by atoms with Crippen LogP contribution in [0.15, 0.2) is 59.6 Å². The molecule has 0 unspecified atom stereocenters. The van der Waals surface area contributed by atoms with Crippen molar-refractivity contribution in [3.8, 4) is 17.3 Å². The molecule has 0 atom stereocenters. The summed E-state index contributed by atoms with van der Waals surface area (Å²) in [6.45, 7) is 2.13. The molecule has 4 rings (SSSR count). The fraction of sp³-hybridized carbons (Fsp3) is 0.105. The highest BCUT2D eigenvalue weighted by molar-refractivity contribution is 6.30. The van der Waals surface area contributed by atoms with Crippen molar-refractivity contribution in [2.24, 2.45) is 0 Å². The van der Waals surface area contributed by atoms with Crippen LogP contribution in [0.5, 0.6) is 0 Å². The van der Waals surface area contributed by atoms with Gasteiger partial charge < -0.3 is 9.84 Å². The Morgan fingerprint density at radius 3 is 2.79 bits per heavy atom. The number of nitrogens with zero attached hydrogens (tertiary/aromatic N) is 5. The minimum absolute atomic E-state index is 0.280. The zero-order chi connectivity index (χ0) is 19.5. The van der Waals surface area contributed by atoms with Gasteiger partial charge in [0.05, 0.1) is 0 Å². The summed E-state index contributed by atoms with van der Waals surface area (Å²) in [6, 6.07) is 10.8. The molecule has 0 aliphatic heterocycles. The normalized spacial score (nSPS) is 10.8. The fourth-order valence-electron chi connectivity index (χ4n) is 2.55. The maximum absolute atomic E-state index is 12.4. The monoisotopic (exact) mass is 394 g/mol. The number of pyridine rings is 1. The number of aromatic nitrogens is 5. The van der Waals surface area contributed by atoms with E-state index >= 15 is 0 Å². The minimum atomic E-state index is -0.280. The molecule has 3 aromatic heterocycles. The standard InChI is InChI=1S/C19H15ClN6O2/c1-12-24-19(28-25-12)14-6-7-21-17(8-14)26-10-16(23-11-26)18(27)22-9-13-2-4-15(20)5-3-13/h2-8,10-11H,9H2,1H3,(H,22,27). The average molecular weight is 395 g/mol. The average Bonchev–Trinajstić information content (AvgIpc) is 3.37. The van der Waals surface area contributed by atoms with E-state index in [0.29, 0.717) is 29.1 Å². The highest BCUT2D eigenvalue weighted by atomic mass is 35.5. The Bertz CT molecular complexity index is 1120. The lowest BCUT2D eigenvalue weighted by molar-refractivity contribution is 0.0946. The highest BCUT2D eigenvalue weighted by Crippen LogP contribution is 2.19. The molecule has 9 heteroatoms. The van der Waals surface area contributed by atoms with Crippen molar-refractivity contribution in [1.82, 2.24) is 30.0 Å². The summed E-state index contributed by atoms with van der Waals surface area (Å²) in [5, 5.41) is 7.27. The molecule has 0 spiro atoms. The van der Waals surface area contributed by atoms with Gasteiger partial charge in [-0.05, 0) is 36.8 Å². The Morgan fingerprint density at radius 1 is 1.21 bits per heavy atom. The highest BCUT2D eigenvalue weighted by Gasteiger charge is 2.12. The first-order valence-corrected chi connectivity index (χ1v) is 8.80. The van der Waals surface area contributed by atoms with E-state index in [9.17, 15) is 4.79 Å². The molecule has 0 aliphatic carbocycles. The zero-order valence-corrected chi connectivity index (χ0v) is 15.6. The van der Waals surface area contributed by atoms with Gasteiger partial charge >= 0.3 is 0 Å². The second kappa shape index (κ2) is 7.61. The SMILES string of the molecule is Cc1noc(-c2ccnc(-n3cnc(C(=O)NCc4ccc(Cl)cc4)c3)c2)n1. The third-order valence-electron chi connectivity index (χ3n) is 3.97. The maximum Gasteiger partial charge on any atom is 0.271 e. The van der Waals surface area contributed by atoms with Crippen molar-refractivity contribution < 1.29 is 9.32 Å². The summed E-state index contributed by atoms with van der Waals surface area (Å²) in [7, 11) is 0. The van der Waals surface area contributed by atoms with E-state index in [2.05, 4.69) is 25.4 Å². The molecule has 1 amide bonds. The molecule has 0 aliphatic rings. The van der Waals surface area contributed by atoms with Crippen molar-refractivity contribution in [2.75, 3.05) is 0 Å². The Balaban J connectivity index is 1.48. The van der Waals surface area contributed by atoms with Crippen molar-refractivity contribution >= 4 is 17.5 Å². The van der Waals surface area contributed by atoms with Crippen molar-refractivity contribution in [2.45, 2.75) is 13.5 Å². The van der Waals surface area contributed by atoms with Crippen molar-refractivity contribution in [3.05, 3.63) is 77.2 Å². The first-order chi connectivity index (χ1) is 13.6. The lowest BCUT2D eigenvalue weighted by Gasteiger charge is -2.04. The summed E-state index contributed by atoms with van der Waals surface area (Å²) < 4.78 is 6.84. The minimum Gasteiger partial charge on any atom is -0.347 e. The van der Waals surface area contributed by atoms with E-state index in [1.165, 1.54) is 6.33 Å². The number of nitrogens with one attached hydrogen (secondary N) is 1. The molecule has 0 saturated carbocycles. The molecular formula is C19H15ClN6O2. The van der Waals surface area contributed by atoms with Crippen LogP contribution in [0.25, 0.3) is 17.3 Å². The number of hydrogen-bond acceptors (Lipinski definition) is 6. The van der Waals surface area contributed by atoms with Gasteiger partial charge in [0.1, 0.15) is 17.8 Å². The Labute approximate surface area is 165 Å². The third-order valence-corrected chi connectivity index (χ3v) is 4.22. The number of amides is 1. The Hall–Kier alpha value is -3.52. The zero-order valence-electron chi connectivity index (χ0n) is 14.8. The van der Waals surface area contributed by atoms with Crippen LogP contribution in [0.2, 0.25) is 5.02 Å². The first-order valence-electron chi connectivity index (χ1n) is 8.42. The van der Waals surface area contributed by atoms with Gasteiger partial charge in [-0.3, -0.25) is 9.36 Å². The molecule has 0 radical (unpaired) electrons. The predicted octanol–water partition coefficient (Wildman–Crippen LogP) is 3.21. The van der Waals surface area contributed by atoms with Gasteiger partial charge in [-0.2, -0.15) is 4.98 Å². The summed E-state index contributed by atoms with van der Waals surface area (Å²) in [6.07, 6.45) is 4.77. The number of hydrogen-bond donors (Lipinski definition) is 1. The molecule has 0 saturated heterocycles. The smallest absolute Gasteiger partial charge is 0.271 e. The van der Waals surface area contributed by atoms with E-state index in [1.54, 1.807) is 48.1 Å². The van der Waals surface area contributed by atoms with Crippen LogP contribution in [0.1, 0.15) is 21.9 Å². The van der Waals surface area contributed by atoms with Crippen LogP contribution in [0.3, 0.4) is 0 Å². The molecule has 1 N–H and O–H groups in total. The second-order valence-electron chi connectivity index (χ2n) is 6.02. The second-order valence-corrected chi connectivity index (χ2v) is 6.46. The molecule has 28 heavy (non-hydrogen) atoms. The molecule has 3 heterocycles. The van der Waals surface area contributed by atoms with E-state index in [1.807, 2.05) is 12.1 Å². The summed E-state index contributed by atoms with van der Waals surface area (Å²) in [5.41, 5.74) is 1.96. The lowest BCUT2D eigenvalue weighted by Crippen LogP contribution is -2.23. The molecule has 8 nitrogen and oxygen atoms in total.